The molecule has 1 saturated heterocycles. The van der Waals surface area contributed by atoms with Crippen molar-refractivity contribution in [2.45, 2.75) is 51.3 Å². The molecule has 1 fully saturated rings. The highest BCUT2D eigenvalue weighted by molar-refractivity contribution is 7.89. The number of sulfonamides is 1. The van der Waals surface area contributed by atoms with Gasteiger partial charge in [-0.3, -0.25) is 9.69 Å². The number of carbonyl (C=O) groups is 1. The van der Waals surface area contributed by atoms with Gasteiger partial charge in [0.15, 0.2) is 5.76 Å². The van der Waals surface area contributed by atoms with Crippen LogP contribution < -0.4 is 4.72 Å². The molecular formula is C22H31N3O4S. The SMILES string of the molecule is Cc1ccccc1CN1CCCN(C(=O)c2ccc(S(=O)(=O)NC(C)(C)C)o2)CC1. The predicted octanol–water partition coefficient (Wildman–Crippen LogP) is 3.01. The van der Waals surface area contributed by atoms with Crippen molar-refractivity contribution in [2.75, 3.05) is 26.2 Å². The van der Waals surface area contributed by atoms with Crippen LogP contribution in [0, 0.1) is 6.92 Å². The van der Waals surface area contributed by atoms with Crippen LogP contribution in [0.3, 0.4) is 0 Å². The van der Waals surface area contributed by atoms with Gasteiger partial charge in [-0.1, -0.05) is 24.3 Å². The molecule has 1 aromatic heterocycles. The average molecular weight is 434 g/mol. The number of carbonyl (C=O) groups excluding carboxylic acids is 1. The molecule has 0 bridgehead atoms. The summed E-state index contributed by atoms with van der Waals surface area (Å²) in [7, 11) is -3.81. The molecule has 0 spiro atoms. The second-order valence-corrected chi connectivity index (χ2v) is 10.4. The third kappa shape index (κ3) is 5.71. The van der Waals surface area contributed by atoms with E-state index in [1.807, 2.05) is 12.1 Å². The fourth-order valence-corrected chi connectivity index (χ4v) is 4.90. The molecule has 164 valence electrons. The lowest BCUT2D eigenvalue weighted by atomic mass is 10.1. The van der Waals surface area contributed by atoms with E-state index in [9.17, 15) is 13.2 Å². The molecule has 0 saturated carbocycles. The normalized spacial score (nSPS) is 16.5. The zero-order valence-corrected chi connectivity index (χ0v) is 19.0. The third-order valence-corrected chi connectivity index (χ3v) is 6.66. The van der Waals surface area contributed by atoms with E-state index in [1.165, 1.54) is 23.3 Å². The molecule has 1 amide bonds. The number of amides is 1. The summed E-state index contributed by atoms with van der Waals surface area (Å²) >= 11 is 0. The number of furan rings is 1. The zero-order chi connectivity index (χ0) is 21.9. The van der Waals surface area contributed by atoms with Gasteiger partial charge < -0.3 is 9.32 Å². The van der Waals surface area contributed by atoms with E-state index in [0.717, 1.165) is 26.1 Å². The van der Waals surface area contributed by atoms with Crippen molar-refractivity contribution >= 4 is 15.9 Å². The largest absolute Gasteiger partial charge is 0.438 e. The van der Waals surface area contributed by atoms with Crippen LogP contribution >= 0.6 is 0 Å². The number of nitrogens with one attached hydrogen (secondary N) is 1. The summed E-state index contributed by atoms with van der Waals surface area (Å²) in [6.45, 7) is 11.1. The number of rotatable bonds is 5. The van der Waals surface area contributed by atoms with Crippen molar-refractivity contribution in [1.29, 1.82) is 0 Å². The van der Waals surface area contributed by atoms with Crippen molar-refractivity contribution in [2.24, 2.45) is 0 Å². The van der Waals surface area contributed by atoms with Crippen LogP contribution in [0.15, 0.2) is 45.9 Å². The molecule has 1 aliphatic heterocycles. The molecule has 0 unspecified atom stereocenters. The van der Waals surface area contributed by atoms with E-state index in [-0.39, 0.29) is 16.8 Å². The fourth-order valence-electron chi connectivity index (χ4n) is 3.55. The first-order valence-electron chi connectivity index (χ1n) is 10.3. The molecule has 1 aliphatic rings. The van der Waals surface area contributed by atoms with Gasteiger partial charge in [-0.05, 0) is 57.4 Å². The molecule has 0 atom stereocenters. The first-order valence-corrected chi connectivity index (χ1v) is 11.7. The van der Waals surface area contributed by atoms with Gasteiger partial charge in [-0.2, -0.15) is 0 Å². The highest BCUT2D eigenvalue weighted by Crippen LogP contribution is 2.19. The van der Waals surface area contributed by atoms with E-state index in [4.69, 9.17) is 4.42 Å². The second-order valence-electron chi connectivity index (χ2n) is 8.82. The number of nitrogens with zero attached hydrogens (tertiary/aromatic N) is 2. The van der Waals surface area contributed by atoms with Gasteiger partial charge in [-0.25, -0.2) is 13.1 Å². The van der Waals surface area contributed by atoms with Crippen molar-refractivity contribution in [3.05, 3.63) is 53.3 Å². The standard InChI is InChI=1S/C22H31N3O4S/c1-17-8-5-6-9-18(17)16-24-12-7-13-25(15-14-24)21(26)19-10-11-20(29-19)30(27,28)23-22(2,3)4/h5-6,8-11,23H,7,12-16H2,1-4H3. The van der Waals surface area contributed by atoms with Gasteiger partial charge in [0.2, 0.25) is 5.09 Å². The number of aryl methyl sites for hydroxylation is 1. The Morgan fingerprint density at radius 1 is 1.07 bits per heavy atom. The zero-order valence-electron chi connectivity index (χ0n) is 18.1. The lowest BCUT2D eigenvalue weighted by molar-refractivity contribution is 0.0723. The summed E-state index contributed by atoms with van der Waals surface area (Å²) in [5.74, 6) is -0.221. The van der Waals surface area contributed by atoms with E-state index < -0.39 is 15.6 Å². The molecule has 8 heteroatoms. The molecule has 30 heavy (non-hydrogen) atoms. The summed E-state index contributed by atoms with van der Waals surface area (Å²) in [5.41, 5.74) is 1.92. The quantitative estimate of drug-likeness (QED) is 0.784. The van der Waals surface area contributed by atoms with Crippen molar-refractivity contribution in [3.8, 4) is 0 Å². The van der Waals surface area contributed by atoms with Crippen LogP contribution in [-0.2, 0) is 16.6 Å². The topological polar surface area (TPSA) is 82.9 Å². The van der Waals surface area contributed by atoms with E-state index in [1.54, 1.807) is 25.7 Å². The van der Waals surface area contributed by atoms with E-state index >= 15 is 0 Å². The molecule has 3 rings (SSSR count). The Morgan fingerprint density at radius 3 is 2.50 bits per heavy atom. The molecular weight excluding hydrogens is 402 g/mol. The monoisotopic (exact) mass is 433 g/mol. The Balaban J connectivity index is 1.64. The van der Waals surface area contributed by atoms with Crippen LogP contribution in [0.25, 0.3) is 0 Å². The van der Waals surface area contributed by atoms with Crippen molar-refractivity contribution in [3.63, 3.8) is 0 Å². The van der Waals surface area contributed by atoms with Crippen LogP contribution in [0.1, 0.15) is 48.9 Å². The Bertz CT molecular complexity index is 992. The lowest BCUT2D eigenvalue weighted by Crippen LogP contribution is -2.40. The summed E-state index contributed by atoms with van der Waals surface area (Å²) in [4.78, 5) is 17.0. The Kier molecular flexibility index (Phi) is 6.69. The number of hydrogen-bond acceptors (Lipinski definition) is 5. The van der Waals surface area contributed by atoms with Crippen LogP contribution in [0.4, 0.5) is 0 Å². The highest BCUT2D eigenvalue weighted by atomic mass is 32.2. The van der Waals surface area contributed by atoms with Gasteiger partial charge in [0.25, 0.3) is 15.9 Å². The Morgan fingerprint density at radius 2 is 1.80 bits per heavy atom. The minimum atomic E-state index is -3.81. The van der Waals surface area contributed by atoms with E-state index in [2.05, 4.69) is 28.7 Å². The molecule has 0 radical (unpaired) electrons. The van der Waals surface area contributed by atoms with Crippen molar-refractivity contribution < 1.29 is 17.6 Å². The summed E-state index contributed by atoms with van der Waals surface area (Å²) < 4.78 is 32.8. The average Bonchev–Trinajstić information content (AvgIpc) is 3.04. The smallest absolute Gasteiger partial charge is 0.289 e. The van der Waals surface area contributed by atoms with Crippen LogP contribution in [-0.4, -0.2) is 55.8 Å². The maximum Gasteiger partial charge on any atom is 0.289 e. The first kappa shape index (κ1) is 22.5. The van der Waals surface area contributed by atoms with Gasteiger partial charge >= 0.3 is 0 Å². The molecule has 1 aromatic carbocycles. The molecule has 7 nitrogen and oxygen atoms in total. The van der Waals surface area contributed by atoms with Gasteiger partial charge in [0.05, 0.1) is 0 Å². The lowest BCUT2D eigenvalue weighted by Gasteiger charge is -2.22. The van der Waals surface area contributed by atoms with E-state index in [0.29, 0.717) is 13.1 Å². The van der Waals surface area contributed by atoms with Crippen LogP contribution in [0.2, 0.25) is 0 Å². The van der Waals surface area contributed by atoms with Gasteiger partial charge in [-0.15, -0.1) is 0 Å². The summed E-state index contributed by atoms with van der Waals surface area (Å²) in [6, 6.07) is 11.1. The fraction of sp³-hybridized carbons (Fsp3) is 0.500. The second kappa shape index (κ2) is 8.91. The number of hydrogen-bond donors (Lipinski definition) is 1. The maximum atomic E-state index is 12.9. The summed E-state index contributed by atoms with van der Waals surface area (Å²) in [5, 5.41) is -0.239. The summed E-state index contributed by atoms with van der Waals surface area (Å²) in [6.07, 6.45) is 0.856. The Labute approximate surface area is 179 Å². The highest BCUT2D eigenvalue weighted by Gasteiger charge is 2.28. The molecule has 2 aromatic rings. The third-order valence-electron chi connectivity index (χ3n) is 5.03. The van der Waals surface area contributed by atoms with Crippen LogP contribution in [0.5, 0.6) is 0 Å². The van der Waals surface area contributed by atoms with Gasteiger partial charge in [0.1, 0.15) is 0 Å². The number of benzene rings is 1. The minimum absolute atomic E-state index is 0.0524. The predicted molar refractivity (Wildman–Crippen MR) is 116 cm³/mol. The molecule has 2 heterocycles. The van der Waals surface area contributed by atoms with Crippen molar-refractivity contribution in [1.82, 2.24) is 14.5 Å². The van der Waals surface area contributed by atoms with Gasteiger partial charge in [0, 0.05) is 38.3 Å². The maximum absolute atomic E-state index is 12.9. The molecule has 1 N–H and O–H groups in total. The Hall–Kier alpha value is -2.16. The first-order chi connectivity index (χ1) is 14.0. The molecule has 0 aliphatic carbocycles. The minimum Gasteiger partial charge on any atom is -0.438 e.